The summed E-state index contributed by atoms with van der Waals surface area (Å²) >= 11 is 0. The minimum atomic E-state index is -0.409. The number of methoxy groups -OCH3 is 1. The van der Waals surface area contributed by atoms with Gasteiger partial charge in [-0.3, -0.25) is 9.59 Å². The number of ether oxygens (including phenoxy) is 3. The molecule has 0 aromatic heterocycles. The van der Waals surface area contributed by atoms with Crippen molar-refractivity contribution in [3.8, 4) is 11.5 Å². The highest BCUT2D eigenvalue weighted by Crippen LogP contribution is 2.46. The Morgan fingerprint density at radius 1 is 1.13 bits per heavy atom. The van der Waals surface area contributed by atoms with Crippen LogP contribution < -0.4 is 15.8 Å². The normalized spacial score (nSPS) is 24.2. The number of hydrogen-bond donors (Lipinski definition) is 3. The number of nitrogens with two attached hydrogens (primary N) is 1. The summed E-state index contributed by atoms with van der Waals surface area (Å²) in [6.45, 7) is 3.47. The second-order valence-electron chi connectivity index (χ2n) is 11.0. The molecule has 1 aliphatic heterocycles. The van der Waals surface area contributed by atoms with Gasteiger partial charge in [0.25, 0.3) is 0 Å². The van der Waals surface area contributed by atoms with Crippen molar-refractivity contribution in [2.24, 2.45) is 23.5 Å². The first kappa shape index (κ1) is 27.9. The van der Waals surface area contributed by atoms with Crippen molar-refractivity contribution >= 4 is 17.5 Å². The molecule has 2 fully saturated rings. The Kier molecular flexibility index (Phi) is 9.23. The summed E-state index contributed by atoms with van der Waals surface area (Å²) < 4.78 is 17.1. The van der Waals surface area contributed by atoms with E-state index in [0.717, 1.165) is 29.0 Å². The Morgan fingerprint density at radius 3 is 2.63 bits per heavy atom. The molecule has 0 saturated heterocycles. The SMILES string of the molecule is COc1cc(CCC(CC(OC(C)=O)C2CCC3CCCC2C3)OC(C)=O)c(C2=CCNC(N)=C2)cc1O. The molecule has 1 aromatic carbocycles. The molecule has 3 aliphatic rings. The van der Waals surface area contributed by atoms with E-state index in [-0.39, 0.29) is 23.8 Å². The van der Waals surface area contributed by atoms with E-state index < -0.39 is 6.10 Å². The van der Waals surface area contributed by atoms with Gasteiger partial charge >= 0.3 is 11.9 Å². The van der Waals surface area contributed by atoms with E-state index in [1.807, 2.05) is 18.2 Å². The quantitative estimate of drug-likeness (QED) is 0.379. The van der Waals surface area contributed by atoms with E-state index in [0.29, 0.717) is 49.2 Å². The van der Waals surface area contributed by atoms with Gasteiger partial charge in [0, 0.05) is 26.8 Å². The molecule has 2 saturated carbocycles. The fourth-order valence-corrected chi connectivity index (χ4v) is 6.69. The van der Waals surface area contributed by atoms with E-state index in [2.05, 4.69) is 5.32 Å². The second kappa shape index (κ2) is 12.6. The van der Waals surface area contributed by atoms with Crippen LogP contribution in [0.3, 0.4) is 0 Å². The predicted molar refractivity (Wildman–Crippen MR) is 145 cm³/mol. The minimum Gasteiger partial charge on any atom is -0.504 e. The number of dihydropyridines is 1. The topological polar surface area (TPSA) is 120 Å². The first-order valence-electron chi connectivity index (χ1n) is 13.9. The van der Waals surface area contributed by atoms with Crippen molar-refractivity contribution in [2.75, 3.05) is 13.7 Å². The maximum Gasteiger partial charge on any atom is 0.302 e. The molecule has 0 radical (unpaired) electrons. The Bertz CT molecular complexity index is 1080. The molecule has 4 rings (SSSR count). The fraction of sp³-hybridized carbons (Fsp3) is 0.600. The van der Waals surface area contributed by atoms with Gasteiger partial charge in [0.15, 0.2) is 11.5 Å². The number of phenolic OH excluding ortho intramolecular Hbond substituents is 1. The summed E-state index contributed by atoms with van der Waals surface area (Å²) in [6.07, 6.45) is 11.9. The van der Waals surface area contributed by atoms with Gasteiger partial charge in [0.05, 0.1) is 12.9 Å². The molecular weight excluding hydrogens is 484 g/mol. The van der Waals surface area contributed by atoms with Gasteiger partial charge < -0.3 is 30.4 Å². The molecule has 0 spiro atoms. The van der Waals surface area contributed by atoms with Crippen LogP contribution in [0.25, 0.3) is 5.57 Å². The highest BCUT2D eigenvalue weighted by molar-refractivity contribution is 5.79. The number of phenols is 1. The summed E-state index contributed by atoms with van der Waals surface area (Å²) in [6, 6.07) is 3.52. The Labute approximate surface area is 225 Å². The molecule has 1 heterocycles. The number of fused-ring (bicyclic) bond motifs is 2. The zero-order valence-electron chi connectivity index (χ0n) is 22.8. The third kappa shape index (κ3) is 7.03. The van der Waals surface area contributed by atoms with E-state index >= 15 is 0 Å². The van der Waals surface area contributed by atoms with Crippen LogP contribution >= 0.6 is 0 Å². The van der Waals surface area contributed by atoms with Gasteiger partial charge in [-0.2, -0.15) is 0 Å². The Balaban J connectivity index is 1.55. The van der Waals surface area contributed by atoms with Crippen LogP contribution in [0.15, 0.2) is 30.1 Å². The summed E-state index contributed by atoms with van der Waals surface area (Å²) in [4.78, 5) is 24.2. The third-order valence-electron chi connectivity index (χ3n) is 8.35. The maximum atomic E-state index is 12.1. The first-order valence-corrected chi connectivity index (χ1v) is 13.9. The average molecular weight is 527 g/mol. The van der Waals surface area contributed by atoms with Crippen molar-refractivity contribution in [1.82, 2.24) is 5.32 Å². The van der Waals surface area contributed by atoms with Crippen LogP contribution in [-0.4, -0.2) is 42.9 Å². The molecule has 1 aromatic rings. The lowest BCUT2D eigenvalue weighted by atomic mass is 9.64. The molecule has 8 nitrogen and oxygen atoms in total. The van der Waals surface area contributed by atoms with Gasteiger partial charge in [-0.05, 0) is 78.3 Å². The van der Waals surface area contributed by atoms with Crippen LogP contribution in [0.1, 0.15) is 76.3 Å². The highest BCUT2D eigenvalue weighted by Gasteiger charge is 2.40. The number of allylic oxidation sites excluding steroid dienone is 2. The van der Waals surface area contributed by atoms with E-state index in [1.165, 1.54) is 53.1 Å². The average Bonchev–Trinajstić information content (AvgIpc) is 2.87. The standard InChI is InChI=1S/C30H42N2O6/c1-18(33)37-24(16-28(38-19(2)34)25-10-7-20-5-4-6-21(25)13-20)9-8-22-14-29(36-3)27(35)17-26(22)23-11-12-32-30(31)15-23/h11,14-15,17,20-21,24-25,28,32,35H,4-10,12-13,16,31H2,1-3H3. The van der Waals surface area contributed by atoms with Crippen molar-refractivity contribution < 1.29 is 28.9 Å². The van der Waals surface area contributed by atoms with Gasteiger partial charge in [0.1, 0.15) is 12.2 Å². The number of aromatic hydroxyl groups is 1. The molecule has 4 N–H and O–H groups in total. The zero-order chi connectivity index (χ0) is 27.2. The molecule has 5 unspecified atom stereocenters. The largest absolute Gasteiger partial charge is 0.504 e. The molecular formula is C30H42N2O6. The predicted octanol–water partition coefficient (Wildman–Crippen LogP) is 4.59. The molecule has 8 heteroatoms. The maximum absolute atomic E-state index is 12.1. The number of esters is 2. The number of carbonyl (C=O) groups is 2. The number of aryl methyl sites for hydroxylation is 1. The van der Waals surface area contributed by atoms with Crippen molar-refractivity contribution in [3.05, 3.63) is 41.2 Å². The lowest BCUT2D eigenvalue weighted by molar-refractivity contribution is -0.158. The van der Waals surface area contributed by atoms with Crippen molar-refractivity contribution in [1.29, 1.82) is 0 Å². The Hall–Kier alpha value is -3.16. The number of nitrogens with one attached hydrogen (secondary N) is 1. The lowest BCUT2D eigenvalue weighted by Gasteiger charge is -2.43. The molecule has 0 amide bonds. The number of hydrogen-bond acceptors (Lipinski definition) is 8. The molecule has 5 atom stereocenters. The molecule has 2 bridgehead atoms. The smallest absolute Gasteiger partial charge is 0.302 e. The summed E-state index contributed by atoms with van der Waals surface area (Å²) in [5.74, 6) is 2.00. The lowest BCUT2D eigenvalue weighted by Crippen LogP contribution is -2.40. The van der Waals surface area contributed by atoms with Gasteiger partial charge in [-0.15, -0.1) is 0 Å². The first-order chi connectivity index (χ1) is 18.2. The van der Waals surface area contributed by atoms with Gasteiger partial charge in [-0.1, -0.05) is 31.8 Å². The van der Waals surface area contributed by atoms with Crippen LogP contribution in [-0.2, 0) is 25.5 Å². The number of benzene rings is 1. The van der Waals surface area contributed by atoms with E-state index in [9.17, 15) is 14.7 Å². The molecule has 208 valence electrons. The zero-order valence-corrected chi connectivity index (χ0v) is 22.8. The number of carbonyl (C=O) groups excluding carboxylic acids is 2. The summed E-state index contributed by atoms with van der Waals surface area (Å²) in [5.41, 5.74) is 8.72. The van der Waals surface area contributed by atoms with Crippen molar-refractivity contribution in [3.63, 3.8) is 0 Å². The van der Waals surface area contributed by atoms with Crippen LogP contribution in [0.2, 0.25) is 0 Å². The van der Waals surface area contributed by atoms with Crippen LogP contribution in [0.4, 0.5) is 0 Å². The highest BCUT2D eigenvalue weighted by atomic mass is 16.6. The van der Waals surface area contributed by atoms with E-state index in [4.69, 9.17) is 19.9 Å². The van der Waals surface area contributed by atoms with Crippen LogP contribution in [0.5, 0.6) is 11.5 Å². The fourth-order valence-electron chi connectivity index (χ4n) is 6.69. The van der Waals surface area contributed by atoms with Crippen molar-refractivity contribution in [2.45, 2.75) is 83.8 Å². The Morgan fingerprint density at radius 2 is 1.92 bits per heavy atom. The second-order valence-corrected chi connectivity index (χ2v) is 11.0. The van der Waals surface area contributed by atoms with Gasteiger partial charge in [0.2, 0.25) is 0 Å². The summed E-state index contributed by atoms with van der Waals surface area (Å²) in [5, 5.41) is 13.6. The number of rotatable bonds is 10. The minimum absolute atomic E-state index is 0.0483. The van der Waals surface area contributed by atoms with Gasteiger partial charge in [-0.25, -0.2) is 0 Å². The van der Waals surface area contributed by atoms with E-state index in [1.54, 1.807) is 6.07 Å². The third-order valence-corrected chi connectivity index (χ3v) is 8.35. The monoisotopic (exact) mass is 526 g/mol. The summed E-state index contributed by atoms with van der Waals surface area (Å²) in [7, 11) is 1.52. The molecule has 2 aliphatic carbocycles. The molecule has 38 heavy (non-hydrogen) atoms. The van der Waals surface area contributed by atoms with Crippen LogP contribution in [0, 0.1) is 17.8 Å².